The van der Waals surface area contributed by atoms with Gasteiger partial charge in [0.05, 0.1) is 0 Å². The lowest BCUT2D eigenvalue weighted by molar-refractivity contribution is -0.0700. The van der Waals surface area contributed by atoms with Gasteiger partial charge in [0.25, 0.3) is 0 Å². The van der Waals surface area contributed by atoms with Gasteiger partial charge in [0.15, 0.2) is 0 Å². The number of rotatable bonds is 1. The van der Waals surface area contributed by atoms with E-state index in [0.717, 1.165) is 0 Å². The summed E-state index contributed by atoms with van der Waals surface area (Å²) in [5.74, 6) is 0.595. The third kappa shape index (κ3) is 1.96. The summed E-state index contributed by atoms with van der Waals surface area (Å²) in [6.07, 6.45) is 4.70. The van der Waals surface area contributed by atoms with Gasteiger partial charge < -0.3 is 11.2 Å². The molecule has 2 atom stereocenters. The Bertz CT molecular complexity index is 309. The molecule has 2 heteroatoms. The minimum atomic E-state index is -0.204. The summed E-state index contributed by atoms with van der Waals surface area (Å²) < 4.78 is 0. The molecule has 0 saturated carbocycles. The molecule has 2 nitrogen and oxygen atoms in total. The van der Waals surface area contributed by atoms with Gasteiger partial charge in [-0.05, 0) is 30.6 Å². The summed E-state index contributed by atoms with van der Waals surface area (Å²) in [6, 6.07) is 0. The van der Waals surface area contributed by atoms with Gasteiger partial charge in [0, 0.05) is 11.0 Å². The Labute approximate surface area is 107 Å². The van der Waals surface area contributed by atoms with Crippen LogP contribution in [0.25, 0.3) is 0 Å². The van der Waals surface area contributed by atoms with Crippen molar-refractivity contribution in [1.29, 1.82) is 0 Å². The molecule has 0 aromatic rings. The van der Waals surface area contributed by atoms with Gasteiger partial charge in [-0.25, -0.2) is 0 Å². The summed E-state index contributed by atoms with van der Waals surface area (Å²) in [6.45, 7) is 18.4. The average molecular weight is 241 g/mol. The zero-order valence-electron chi connectivity index (χ0n) is 12.8. The fourth-order valence-electron chi connectivity index (χ4n) is 3.04. The maximum Gasteiger partial charge on any atom is 0.0191 e. The highest BCUT2D eigenvalue weighted by atomic mass is 16.0. The van der Waals surface area contributed by atoms with Crippen molar-refractivity contribution in [3.8, 4) is 0 Å². The molecular weight excluding hydrogens is 210 g/mol. The molecule has 0 heterocycles. The molecule has 102 valence electrons. The summed E-state index contributed by atoms with van der Waals surface area (Å²) in [7, 11) is 0. The first-order valence-corrected chi connectivity index (χ1v) is 6.36. The number of allylic oxidation sites excluding steroid dienone is 1. The Morgan fingerprint density at radius 2 is 1.47 bits per heavy atom. The van der Waals surface area contributed by atoms with Crippen LogP contribution in [-0.2, 0) is 0 Å². The Morgan fingerprint density at radius 3 is 1.82 bits per heavy atom. The standard InChI is InChI=1S/C15H29N.H2O/c1-11-9-10-15(8,14(6,7)16)13(4,5)12(11,2)3;/h9-11H,16H2,1-8H3;1H2. The van der Waals surface area contributed by atoms with E-state index in [1.165, 1.54) is 0 Å². The van der Waals surface area contributed by atoms with Gasteiger partial charge in [-0.3, -0.25) is 0 Å². The molecule has 0 amide bonds. The molecule has 0 spiro atoms. The minimum absolute atomic E-state index is 0. The van der Waals surface area contributed by atoms with Gasteiger partial charge in [-0.1, -0.05) is 53.7 Å². The van der Waals surface area contributed by atoms with Crippen LogP contribution in [0.3, 0.4) is 0 Å². The number of nitrogens with two attached hydrogens (primary N) is 1. The lowest BCUT2D eigenvalue weighted by Gasteiger charge is -2.62. The van der Waals surface area contributed by atoms with E-state index in [0.29, 0.717) is 5.92 Å². The predicted octanol–water partition coefficient (Wildman–Crippen LogP) is 3.16. The van der Waals surface area contributed by atoms with Crippen molar-refractivity contribution in [3.63, 3.8) is 0 Å². The van der Waals surface area contributed by atoms with Crippen molar-refractivity contribution < 1.29 is 5.48 Å². The molecule has 0 aliphatic heterocycles. The van der Waals surface area contributed by atoms with Crippen molar-refractivity contribution in [2.45, 2.75) is 60.9 Å². The van der Waals surface area contributed by atoms with E-state index in [1.54, 1.807) is 0 Å². The topological polar surface area (TPSA) is 57.5 Å². The molecule has 1 aliphatic rings. The SMILES string of the molecule is CC1C=CC(C)(C(C)(C)N)C(C)(C)C1(C)C.O. The Kier molecular flexibility index (Phi) is 4.02. The molecule has 4 N–H and O–H groups in total. The first-order chi connectivity index (χ1) is 6.88. The van der Waals surface area contributed by atoms with Crippen molar-refractivity contribution in [3.05, 3.63) is 12.2 Å². The van der Waals surface area contributed by atoms with Crippen LogP contribution in [0.1, 0.15) is 55.4 Å². The highest BCUT2D eigenvalue weighted by Gasteiger charge is 2.57. The van der Waals surface area contributed by atoms with Gasteiger partial charge >= 0.3 is 0 Å². The van der Waals surface area contributed by atoms with Crippen molar-refractivity contribution in [1.82, 2.24) is 0 Å². The van der Waals surface area contributed by atoms with Crippen LogP contribution in [0.4, 0.5) is 0 Å². The van der Waals surface area contributed by atoms with Crippen molar-refractivity contribution in [2.24, 2.45) is 27.9 Å². The Balaban J connectivity index is 0.00000256. The Hall–Kier alpha value is -0.340. The summed E-state index contributed by atoms with van der Waals surface area (Å²) >= 11 is 0. The minimum Gasteiger partial charge on any atom is -0.412 e. The molecule has 0 fully saturated rings. The smallest absolute Gasteiger partial charge is 0.0191 e. The zero-order chi connectivity index (χ0) is 13.0. The zero-order valence-corrected chi connectivity index (χ0v) is 12.8. The molecule has 0 bridgehead atoms. The van der Waals surface area contributed by atoms with Crippen LogP contribution in [0, 0.1) is 22.2 Å². The monoisotopic (exact) mass is 241 g/mol. The highest BCUT2D eigenvalue weighted by molar-refractivity contribution is 5.22. The predicted molar refractivity (Wildman–Crippen MR) is 75.9 cm³/mol. The van der Waals surface area contributed by atoms with E-state index in [4.69, 9.17) is 5.73 Å². The van der Waals surface area contributed by atoms with Crippen LogP contribution in [0.15, 0.2) is 12.2 Å². The first-order valence-electron chi connectivity index (χ1n) is 6.36. The van der Waals surface area contributed by atoms with Gasteiger partial charge in [0.1, 0.15) is 0 Å². The molecule has 1 aliphatic carbocycles. The van der Waals surface area contributed by atoms with E-state index in [1.807, 2.05) is 0 Å². The van der Waals surface area contributed by atoms with E-state index in [-0.39, 0.29) is 27.3 Å². The number of hydrogen-bond acceptors (Lipinski definition) is 1. The number of hydrogen-bond donors (Lipinski definition) is 1. The summed E-state index contributed by atoms with van der Waals surface area (Å²) in [5, 5.41) is 0. The molecule has 1 rings (SSSR count). The highest BCUT2D eigenvalue weighted by Crippen LogP contribution is 2.61. The summed E-state index contributed by atoms with van der Waals surface area (Å²) in [5.41, 5.74) is 6.69. The van der Waals surface area contributed by atoms with Gasteiger partial charge in [-0.2, -0.15) is 0 Å². The van der Waals surface area contributed by atoms with Gasteiger partial charge in [-0.15, -0.1) is 0 Å². The van der Waals surface area contributed by atoms with Crippen molar-refractivity contribution >= 4 is 0 Å². The van der Waals surface area contributed by atoms with Crippen LogP contribution < -0.4 is 5.73 Å². The lowest BCUT2D eigenvalue weighted by atomic mass is 9.44. The fourth-order valence-corrected chi connectivity index (χ4v) is 3.04. The lowest BCUT2D eigenvalue weighted by Crippen LogP contribution is -2.62. The summed E-state index contributed by atoms with van der Waals surface area (Å²) in [4.78, 5) is 0. The molecule has 2 unspecified atom stereocenters. The molecule has 17 heavy (non-hydrogen) atoms. The van der Waals surface area contributed by atoms with Crippen LogP contribution in [0.2, 0.25) is 0 Å². The Morgan fingerprint density at radius 1 is 1.06 bits per heavy atom. The van der Waals surface area contributed by atoms with Crippen LogP contribution in [-0.4, -0.2) is 11.0 Å². The average Bonchev–Trinajstić information content (AvgIpc) is 2.08. The maximum atomic E-state index is 6.44. The normalized spacial score (nSPS) is 35.2. The van der Waals surface area contributed by atoms with E-state index in [2.05, 4.69) is 67.5 Å². The second kappa shape index (κ2) is 4.10. The second-order valence-corrected chi connectivity index (χ2v) is 7.42. The van der Waals surface area contributed by atoms with E-state index in [9.17, 15) is 0 Å². The molecule has 0 aromatic heterocycles. The molecular formula is C15H31NO. The fraction of sp³-hybridized carbons (Fsp3) is 0.867. The van der Waals surface area contributed by atoms with E-state index >= 15 is 0 Å². The molecule has 0 aromatic carbocycles. The largest absolute Gasteiger partial charge is 0.412 e. The first kappa shape index (κ1) is 16.7. The third-order valence-electron chi connectivity index (χ3n) is 6.10. The quantitative estimate of drug-likeness (QED) is 0.704. The van der Waals surface area contributed by atoms with Crippen molar-refractivity contribution in [2.75, 3.05) is 0 Å². The molecule has 0 radical (unpaired) electrons. The molecule has 0 saturated heterocycles. The second-order valence-electron chi connectivity index (χ2n) is 7.42. The van der Waals surface area contributed by atoms with Crippen LogP contribution >= 0.6 is 0 Å². The van der Waals surface area contributed by atoms with Gasteiger partial charge in [0.2, 0.25) is 0 Å². The maximum absolute atomic E-state index is 6.44. The van der Waals surface area contributed by atoms with Crippen LogP contribution in [0.5, 0.6) is 0 Å². The third-order valence-corrected chi connectivity index (χ3v) is 6.10. The van der Waals surface area contributed by atoms with E-state index < -0.39 is 0 Å².